The first kappa shape index (κ1) is 15.0. The molecule has 18 heavy (non-hydrogen) atoms. The van der Waals surface area contributed by atoms with Crippen LogP contribution in [0.1, 0.15) is 0 Å². The first-order valence-corrected chi connectivity index (χ1v) is 7.92. The Morgan fingerprint density at radius 3 is 2.06 bits per heavy atom. The number of rotatable bonds is 4. The van der Waals surface area contributed by atoms with E-state index in [4.69, 9.17) is 9.11 Å². The molecule has 0 saturated carbocycles. The molecule has 0 spiro atoms. The molecule has 0 aromatic heterocycles. The Kier molecular flexibility index (Phi) is 4.09. The lowest BCUT2D eigenvalue weighted by Gasteiger charge is -2.12. The number of nitrogens with one attached hydrogen (secondary N) is 1. The van der Waals surface area contributed by atoms with Gasteiger partial charge in [-0.3, -0.25) is 13.3 Å². The maximum atomic E-state index is 10.9. The monoisotopic (exact) mass is 316 g/mol. The third-order valence-corrected chi connectivity index (χ3v) is 3.87. The molecule has 1 aromatic carbocycles. The lowest BCUT2D eigenvalue weighted by Crippen LogP contribution is -2.10. The molecule has 0 amide bonds. The lowest BCUT2D eigenvalue weighted by molar-refractivity contribution is 0.479. The molecule has 1 unspecified atom stereocenters. The molecule has 12 heteroatoms. The molecule has 1 aromatic rings. The molecule has 0 saturated heterocycles. The standard InChI is InChI=1S/C6H7NO8S3/c8-16(9)7-5-3-4(17(10,11)12)1-2-6(5)18(13,14)15/h1-3,7H,(H,8,9)(H,10,11,12)(H,13,14,15)/p-1. The second kappa shape index (κ2) is 4.91. The van der Waals surface area contributed by atoms with Crippen molar-refractivity contribution in [3.63, 3.8) is 0 Å². The van der Waals surface area contributed by atoms with Gasteiger partial charge in [-0.1, -0.05) is 0 Å². The normalized spacial score (nSPS) is 14.2. The van der Waals surface area contributed by atoms with Gasteiger partial charge in [0.25, 0.3) is 20.2 Å². The van der Waals surface area contributed by atoms with Gasteiger partial charge in [-0.2, -0.15) is 16.8 Å². The second-order valence-electron chi connectivity index (χ2n) is 2.94. The molecule has 0 aliphatic heterocycles. The summed E-state index contributed by atoms with van der Waals surface area (Å²) in [6.07, 6.45) is 0. The van der Waals surface area contributed by atoms with Gasteiger partial charge in [0, 0.05) is 11.3 Å². The quantitative estimate of drug-likeness (QED) is 0.489. The van der Waals surface area contributed by atoms with Crippen molar-refractivity contribution in [3.8, 4) is 0 Å². The molecule has 102 valence electrons. The van der Waals surface area contributed by atoms with Crippen LogP contribution in [0.2, 0.25) is 0 Å². The molecule has 1 rings (SSSR count). The van der Waals surface area contributed by atoms with E-state index in [1.165, 1.54) is 0 Å². The first-order chi connectivity index (χ1) is 8.01. The molecule has 0 aliphatic carbocycles. The summed E-state index contributed by atoms with van der Waals surface area (Å²) in [5, 5.41) is 0. The van der Waals surface area contributed by atoms with Crippen LogP contribution < -0.4 is 4.72 Å². The Bertz CT molecular complexity index is 692. The second-order valence-corrected chi connectivity index (χ2v) is 6.43. The van der Waals surface area contributed by atoms with E-state index < -0.39 is 47.0 Å². The van der Waals surface area contributed by atoms with Gasteiger partial charge in [0.15, 0.2) is 0 Å². The number of hydrogen-bond acceptors (Lipinski definition) is 6. The fourth-order valence-corrected chi connectivity index (χ4v) is 2.61. The third-order valence-electron chi connectivity index (χ3n) is 1.72. The summed E-state index contributed by atoms with van der Waals surface area (Å²) in [5.74, 6) is 0. The fraction of sp³-hybridized carbons (Fsp3) is 0. The Hall–Kier alpha value is -1.05. The van der Waals surface area contributed by atoms with Crippen molar-refractivity contribution in [1.29, 1.82) is 0 Å². The Morgan fingerprint density at radius 2 is 1.67 bits per heavy atom. The Balaban J connectivity index is 3.53. The van der Waals surface area contributed by atoms with Gasteiger partial charge in [0.1, 0.15) is 4.90 Å². The van der Waals surface area contributed by atoms with E-state index in [1.807, 2.05) is 0 Å². The minimum atomic E-state index is -4.75. The van der Waals surface area contributed by atoms with Crippen LogP contribution >= 0.6 is 0 Å². The first-order valence-electron chi connectivity index (χ1n) is 3.97. The minimum Gasteiger partial charge on any atom is -0.755 e. The molecule has 0 fully saturated rings. The summed E-state index contributed by atoms with van der Waals surface area (Å²) < 4.78 is 83.3. The largest absolute Gasteiger partial charge is 0.755 e. The van der Waals surface area contributed by atoms with Crippen LogP contribution in [0.4, 0.5) is 5.69 Å². The number of hydrogen-bond donors (Lipinski definition) is 3. The van der Waals surface area contributed by atoms with E-state index in [1.54, 1.807) is 4.72 Å². The van der Waals surface area contributed by atoms with Gasteiger partial charge in [0.05, 0.1) is 10.6 Å². The molecule has 0 radical (unpaired) electrons. The Labute approximate surface area is 105 Å². The van der Waals surface area contributed by atoms with Crippen LogP contribution in [0.15, 0.2) is 28.0 Å². The average molecular weight is 316 g/mol. The van der Waals surface area contributed by atoms with Crippen molar-refractivity contribution in [2.45, 2.75) is 9.79 Å². The molecule has 0 aliphatic rings. The smallest absolute Gasteiger partial charge is 0.296 e. The molecule has 9 nitrogen and oxygen atoms in total. The highest BCUT2D eigenvalue weighted by molar-refractivity contribution is 7.86. The Morgan fingerprint density at radius 1 is 1.11 bits per heavy atom. The average Bonchev–Trinajstić information content (AvgIpc) is 2.13. The van der Waals surface area contributed by atoms with E-state index in [9.17, 15) is 25.6 Å². The molecule has 1 atom stereocenters. The summed E-state index contributed by atoms with van der Waals surface area (Å²) in [4.78, 5) is -1.58. The minimum absolute atomic E-state index is 0.550. The van der Waals surface area contributed by atoms with Crippen LogP contribution in [0.5, 0.6) is 0 Å². The summed E-state index contributed by atoms with van der Waals surface area (Å²) in [6.45, 7) is 0. The molecular formula is C6H6NO8S3-. The fourth-order valence-electron chi connectivity index (χ4n) is 1.06. The van der Waals surface area contributed by atoms with Crippen molar-refractivity contribution in [3.05, 3.63) is 18.2 Å². The van der Waals surface area contributed by atoms with Crippen LogP contribution in [0, 0.1) is 0 Å². The topological polar surface area (TPSA) is 161 Å². The predicted octanol–water partition coefficient (Wildman–Crippen LogP) is -0.614. The van der Waals surface area contributed by atoms with Crippen molar-refractivity contribution >= 4 is 37.2 Å². The zero-order valence-electron chi connectivity index (χ0n) is 8.30. The number of benzene rings is 1. The van der Waals surface area contributed by atoms with E-state index in [2.05, 4.69) is 0 Å². The highest BCUT2D eigenvalue weighted by Crippen LogP contribution is 2.25. The van der Waals surface area contributed by atoms with Crippen LogP contribution in [-0.4, -0.2) is 34.7 Å². The van der Waals surface area contributed by atoms with E-state index in [-0.39, 0.29) is 0 Å². The highest BCUT2D eigenvalue weighted by atomic mass is 32.2. The zero-order chi connectivity index (χ0) is 14.1. The maximum absolute atomic E-state index is 10.9. The summed E-state index contributed by atoms with van der Waals surface area (Å²) >= 11 is -2.95. The third kappa shape index (κ3) is 3.72. The van der Waals surface area contributed by atoms with Crippen molar-refractivity contribution in [1.82, 2.24) is 0 Å². The van der Waals surface area contributed by atoms with Gasteiger partial charge < -0.3 is 9.27 Å². The number of anilines is 1. The molecule has 0 bridgehead atoms. The van der Waals surface area contributed by atoms with Crippen LogP contribution in [-0.2, 0) is 31.5 Å². The summed E-state index contributed by atoms with van der Waals surface area (Å²) in [6, 6.07) is 1.87. The van der Waals surface area contributed by atoms with Gasteiger partial charge in [-0.05, 0) is 18.2 Å². The van der Waals surface area contributed by atoms with E-state index in [0.29, 0.717) is 18.2 Å². The van der Waals surface area contributed by atoms with Crippen molar-refractivity contribution < 1.29 is 34.7 Å². The predicted molar refractivity (Wildman–Crippen MR) is 58.6 cm³/mol. The lowest BCUT2D eigenvalue weighted by atomic mass is 10.3. The molecule has 3 N–H and O–H groups in total. The van der Waals surface area contributed by atoms with Gasteiger partial charge in [-0.15, -0.1) is 0 Å². The van der Waals surface area contributed by atoms with Crippen molar-refractivity contribution in [2.75, 3.05) is 4.72 Å². The van der Waals surface area contributed by atoms with Gasteiger partial charge in [0.2, 0.25) is 0 Å². The van der Waals surface area contributed by atoms with Crippen molar-refractivity contribution in [2.24, 2.45) is 0 Å². The highest BCUT2D eigenvalue weighted by Gasteiger charge is 2.19. The van der Waals surface area contributed by atoms with Gasteiger partial charge >= 0.3 is 0 Å². The van der Waals surface area contributed by atoms with Crippen LogP contribution in [0.3, 0.4) is 0 Å². The summed E-state index contributed by atoms with van der Waals surface area (Å²) in [7, 11) is -9.39. The SMILES string of the molecule is O=S([O-])Nc1cc(S(=O)(=O)O)ccc1S(=O)(=O)O. The van der Waals surface area contributed by atoms with E-state index >= 15 is 0 Å². The summed E-state index contributed by atoms with van der Waals surface area (Å²) in [5.41, 5.74) is -0.707. The maximum Gasteiger partial charge on any atom is 0.296 e. The van der Waals surface area contributed by atoms with Gasteiger partial charge in [-0.25, -0.2) is 0 Å². The molecule has 0 heterocycles. The van der Waals surface area contributed by atoms with Crippen LogP contribution in [0.25, 0.3) is 0 Å². The molecular weight excluding hydrogens is 310 g/mol. The zero-order valence-corrected chi connectivity index (χ0v) is 10.8. The van der Waals surface area contributed by atoms with E-state index in [0.717, 1.165) is 0 Å².